The minimum atomic E-state index is -1.23. The van der Waals surface area contributed by atoms with Crippen molar-refractivity contribution in [2.24, 2.45) is 5.73 Å². The van der Waals surface area contributed by atoms with Crippen LogP contribution in [0, 0.1) is 0 Å². The largest absolute Gasteiger partial charge is 0.481 e. The van der Waals surface area contributed by atoms with Crippen molar-refractivity contribution in [3.05, 3.63) is 0 Å². The maximum atomic E-state index is 11.8. The van der Waals surface area contributed by atoms with Crippen LogP contribution in [0.1, 0.15) is 6.42 Å². The lowest BCUT2D eigenvalue weighted by molar-refractivity contribution is -0.159. The first kappa shape index (κ1) is 13.4. The van der Waals surface area contributed by atoms with Gasteiger partial charge in [-0.3, -0.25) is 9.59 Å². The van der Waals surface area contributed by atoms with Gasteiger partial charge in [-0.2, -0.15) is 0 Å². The second-order valence-electron chi connectivity index (χ2n) is 3.66. The molecule has 1 aliphatic rings. The van der Waals surface area contributed by atoms with E-state index in [1.54, 1.807) is 0 Å². The number of nitrogens with two attached hydrogens (primary N) is 1. The number of aliphatic carboxylic acids is 2. The summed E-state index contributed by atoms with van der Waals surface area (Å²) in [5, 5.41) is 17.4. The molecule has 1 saturated heterocycles. The number of nitrogens with zero attached hydrogens (tertiary/aromatic N) is 1. The van der Waals surface area contributed by atoms with E-state index in [0.29, 0.717) is 0 Å². The molecule has 96 valence electrons. The van der Waals surface area contributed by atoms with Crippen LogP contribution >= 0.6 is 0 Å². The Hall–Kier alpha value is -1.67. The molecule has 0 saturated carbocycles. The van der Waals surface area contributed by atoms with Gasteiger partial charge in [0.15, 0.2) is 6.04 Å². The van der Waals surface area contributed by atoms with Gasteiger partial charge in [-0.15, -0.1) is 0 Å². The van der Waals surface area contributed by atoms with Crippen LogP contribution in [-0.2, 0) is 19.1 Å². The summed E-state index contributed by atoms with van der Waals surface area (Å²) in [5.74, 6) is -3.07. The van der Waals surface area contributed by atoms with Gasteiger partial charge < -0.3 is 25.6 Å². The van der Waals surface area contributed by atoms with Crippen molar-refractivity contribution < 1.29 is 29.3 Å². The van der Waals surface area contributed by atoms with Crippen LogP contribution in [0.2, 0.25) is 0 Å². The molecular formula is C9H14N2O6. The van der Waals surface area contributed by atoms with Gasteiger partial charge in [-0.25, -0.2) is 4.79 Å². The van der Waals surface area contributed by atoms with Crippen LogP contribution in [0.4, 0.5) is 0 Å². The Morgan fingerprint density at radius 3 is 2.59 bits per heavy atom. The van der Waals surface area contributed by atoms with Crippen molar-refractivity contribution in [3.8, 4) is 0 Å². The van der Waals surface area contributed by atoms with E-state index < -0.39 is 36.4 Å². The zero-order chi connectivity index (χ0) is 13.0. The molecule has 1 rings (SSSR count). The van der Waals surface area contributed by atoms with Crippen LogP contribution < -0.4 is 5.73 Å². The average Bonchev–Trinajstić information content (AvgIpc) is 2.27. The Balaban J connectivity index is 2.70. The summed E-state index contributed by atoms with van der Waals surface area (Å²) in [6.07, 6.45) is -0.525. The molecule has 17 heavy (non-hydrogen) atoms. The minimum Gasteiger partial charge on any atom is -0.481 e. The first-order valence-electron chi connectivity index (χ1n) is 5.02. The molecular weight excluding hydrogens is 232 g/mol. The highest BCUT2D eigenvalue weighted by Crippen LogP contribution is 2.10. The Morgan fingerprint density at radius 2 is 2.06 bits per heavy atom. The van der Waals surface area contributed by atoms with Crippen molar-refractivity contribution in [1.29, 1.82) is 0 Å². The summed E-state index contributed by atoms with van der Waals surface area (Å²) in [4.78, 5) is 34.1. The van der Waals surface area contributed by atoms with Gasteiger partial charge in [0.2, 0.25) is 5.91 Å². The molecule has 0 aliphatic carbocycles. The SMILES string of the molecule is NC(CC(=O)O)C(=O)N1CCOCC1C(=O)O. The molecule has 2 atom stereocenters. The van der Waals surface area contributed by atoms with Gasteiger partial charge in [-0.1, -0.05) is 0 Å². The van der Waals surface area contributed by atoms with E-state index >= 15 is 0 Å². The topological polar surface area (TPSA) is 130 Å². The smallest absolute Gasteiger partial charge is 0.328 e. The first-order valence-corrected chi connectivity index (χ1v) is 5.02. The van der Waals surface area contributed by atoms with Gasteiger partial charge in [0.25, 0.3) is 0 Å². The number of amides is 1. The van der Waals surface area contributed by atoms with Gasteiger partial charge in [0, 0.05) is 6.54 Å². The van der Waals surface area contributed by atoms with Crippen LogP contribution in [0.15, 0.2) is 0 Å². The molecule has 1 fully saturated rings. The Bertz CT molecular complexity index is 331. The summed E-state index contributed by atoms with van der Waals surface area (Å²) >= 11 is 0. The molecule has 0 bridgehead atoms. The molecule has 1 aliphatic heterocycles. The minimum absolute atomic E-state index is 0.100. The Kier molecular flexibility index (Phi) is 4.41. The number of morpholine rings is 1. The molecule has 0 aromatic rings. The molecule has 2 unspecified atom stereocenters. The second-order valence-corrected chi connectivity index (χ2v) is 3.66. The first-order chi connectivity index (χ1) is 7.93. The standard InChI is InChI=1S/C9H14N2O6/c10-5(3-7(12)13)8(14)11-1-2-17-4-6(11)9(15)16/h5-6H,1-4,10H2,(H,12,13)(H,15,16). The fraction of sp³-hybridized carbons (Fsp3) is 0.667. The van der Waals surface area contributed by atoms with Crippen LogP contribution in [0.3, 0.4) is 0 Å². The van der Waals surface area contributed by atoms with Crippen LogP contribution in [0.25, 0.3) is 0 Å². The fourth-order valence-electron chi connectivity index (χ4n) is 1.56. The van der Waals surface area contributed by atoms with E-state index in [4.69, 9.17) is 20.7 Å². The third-order valence-electron chi connectivity index (χ3n) is 2.41. The van der Waals surface area contributed by atoms with Crippen molar-refractivity contribution in [3.63, 3.8) is 0 Å². The van der Waals surface area contributed by atoms with Gasteiger partial charge in [0.1, 0.15) is 0 Å². The molecule has 0 spiro atoms. The van der Waals surface area contributed by atoms with Crippen LogP contribution in [0.5, 0.6) is 0 Å². The third kappa shape index (κ3) is 3.40. The summed E-state index contributed by atoms with van der Waals surface area (Å²) < 4.78 is 4.95. The summed E-state index contributed by atoms with van der Waals surface area (Å²) in [6, 6.07) is -2.33. The van der Waals surface area contributed by atoms with Crippen molar-refractivity contribution in [2.75, 3.05) is 19.8 Å². The average molecular weight is 246 g/mol. The maximum Gasteiger partial charge on any atom is 0.328 e. The lowest BCUT2D eigenvalue weighted by Crippen LogP contribution is -2.57. The Morgan fingerprint density at radius 1 is 1.41 bits per heavy atom. The summed E-state index contributed by atoms with van der Waals surface area (Å²) in [5.41, 5.74) is 5.41. The number of hydrogen-bond donors (Lipinski definition) is 3. The summed E-state index contributed by atoms with van der Waals surface area (Å²) in [7, 11) is 0. The van der Waals surface area contributed by atoms with Crippen molar-refractivity contribution in [2.45, 2.75) is 18.5 Å². The molecule has 1 heterocycles. The molecule has 0 aromatic heterocycles. The molecule has 8 heteroatoms. The second kappa shape index (κ2) is 5.60. The molecule has 8 nitrogen and oxygen atoms in total. The summed E-state index contributed by atoms with van der Waals surface area (Å²) in [6.45, 7) is 0.208. The number of ether oxygens (including phenoxy) is 1. The van der Waals surface area contributed by atoms with Crippen LogP contribution in [-0.4, -0.2) is 64.8 Å². The van der Waals surface area contributed by atoms with Gasteiger partial charge in [0.05, 0.1) is 25.7 Å². The maximum absolute atomic E-state index is 11.8. The highest BCUT2D eigenvalue weighted by atomic mass is 16.5. The highest BCUT2D eigenvalue weighted by Gasteiger charge is 2.35. The molecule has 0 aromatic carbocycles. The lowest BCUT2D eigenvalue weighted by Gasteiger charge is -2.34. The molecule has 4 N–H and O–H groups in total. The predicted molar refractivity (Wildman–Crippen MR) is 54.2 cm³/mol. The number of carboxylic acids is 2. The van der Waals surface area contributed by atoms with E-state index in [1.807, 2.05) is 0 Å². The zero-order valence-corrected chi connectivity index (χ0v) is 9.04. The van der Waals surface area contributed by atoms with Crippen molar-refractivity contribution in [1.82, 2.24) is 4.90 Å². The van der Waals surface area contributed by atoms with E-state index in [9.17, 15) is 14.4 Å². The van der Waals surface area contributed by atoms with E-state index in [0.717, 1.165) is 4.90 Å². The normalized spacial score (nSPS) is 21.9. The zero-order valence-electron chi connectivity index (χ0n) is 9.04. The van der Waals surface area contributed by atoms with Gasteiger partial charge in [-0.05, 0) is 0 Å². The van der Waals surface area contributed by atoms with E-state index in [2.05, 4.69) is 0 Å². The number of carboxylic acid groups (broad SMARTS) is 2. The lowest BCUT2D eigenvalue weighted by atomic mass is 10.1. The van der Waals surface area contributed by atoms with Crippen molar-refractivity contribution >= 4 is 17.8 Å². The quantitative estimate of drug-likeness (QED) is 0.528. The predicted octanol–water partition coefficient (Wildman–Crippen LogP) is -1.90. The van der Waals surface area contributed by atoms with E-state index in [-0.39, 0.29) is 19.8 Å². The molecule has 0 radical (unpaired) electrons. The third-order valence-corrected chi connectivity index (χ3v) is 2.41. The number of rotatable bonds is 4. The van der Waals surface area contributed by atoms with E-state index in [1.165, 1.54) is 0 Å². The highest BCUT2D eigenvalue weighted by molar-refractivity contribution is 5.89. The van der Waals surface area contributed by atoms with Gasteiger partial charge >= 0.3 is 11.9 Å². The molecule has 1 amide bonds. The number of carbonyl (C=O) groups is 3. The fourth-order valence-corrected chi connectivity index (χ4v) is 1.56. The number of carbonyl (C=O) groups excluding carboxylic acids is 1. The monoisotopic (exact) mass is 246 g/mol. The Labute approximate surface area is 96.9 Å². The number of hydrogen-bond acceptors (Lipinski definition) is 5.